The Kier molecular flexibility index (Phi) is 5.52. The van der Waals surface area contributed by atoms with Crippen LogP contribution in [-0.2, 0) is 0 Å². The summed E-state index contributed by atoms with van der Waals surface area (Å²) >= 11 is 0. The molecule has 1 fully saturated rings. The molecule has 1 aliphatic carbocycles. The Balaban J connectivity index is 2.48. The van der Waals surface area contributed by atoms with Crippen molar-refractivity contribution in [3.05, 3.63) is 10.1 Å². The van der Waals surface area contributed by atoms with Gasteiger partial charge in [0, 0.05) is 19.0 Å². The minimum atomic E-state index is 0.195. The van der Waals surface area contributed by atoms with Crippen LogP contribution in [0.3, 0.4) is 0 Å². The Morgan fingerprint density at radius 3 is 2.53 bits per heavy atom. The summed E-state index contributed by atoms with van der Waals surface area (Å²) in [4.78, 5) is 10.3. The number of quaternary nitrogens is 1. The van der Waals surface area contributed by atoms with E-state index in [9.17, 15) is 10.1 Å². The lowest BCUT2D eigenvalue weighted by Gasteiger charge is -2.41. The lowest BCUT2D eigenvalue weighted by molar-refractivity contribution is -0.369. The molecule has 6 nitrogen and oxygen atoms in total. The fourth-order valence-electron chi connectivity index (χ4n) is 2.11. The third kappa shape index (κ3) is 3.73. The van der Waals surface area contributed by atoms with Gasteiger partial charge in [-0.2, -0.15) is 0 Å². The van der Waals surface area contributed by atoms with Crippen molar-refractivity contribution in [3.63, 3.8) is 0 Å². The third-order valence-corrected chi connectivity index (χ3v) is 2.92. The van der Waals surface area contributed by atoms with Gasteiger partial charge in [-0.1, -0.05) is 19.3 Å². The van der Waals surface area contributed by atoms with E-state index in [4.69, 9.17) is 0 Å². The van der Waals surface area contributed by atoms with Gasteiger partial charge in [0.25, 0.3) is 0 Å². The first-order valence-electron chi connectivity index (χ1n) is 5.66. The maximum atomic E-state index is 11.3. The highest BCUT2D eigenvalue weighted by atomic mass is 16.6. The zero-order valence-electron chi connectivity index (χ0n) is 9.10. The number of nitroso groups, excluding NO2 is 1. The van der Waals surface area contributed by atoms with Crippen molar-refractivity contribution < 1.29 is 5.73 Å². The monoisotopic (exact) mass is 216 g/mol. The van der Waals surface area contributed by atoms with E-state index < -0.39 is 0 Å². The highest BCUT2D eigenvalue weighted by Gasteiger charge is 2.22. The topological polar surface area (TPSA) is 86.6 Å². The molecule has 0 saturated heterocycles. The molecule has 0 aromatic heterocycles. The summed E-state index contributed by atoms with van der Waals surface area (Å²) in [5.41, 5.74) is 3.73. The summed E-state index contributed by atoms with van der Waals surface area (Å²) in [6, 6.07) is 0.195. The summed E-state index contributed by atoms with van der Waals surface area (Å²) in [7, 11) is 0. The van der Waals surface area contributed by atoms with Crippen LogP contribution in [-0.4, -0.2) is 29.4 Å². The standard InChI is InChI=1S/C9H19N4O2/c10-7-4-8-12(13(15)11-14)9-5-2-1-3-6-9/h9H,1-8,10H2/q-1/p+1. The summed E-state index contributed by atoms with van der Waals surface area (Å²) in [6.07, 6.45) is 6.31. The van der Waals surface area contributed by atoms with Gasteiger partial charge in [-0.15, -0.1) is 4.91 Å². The molecule has 0 aliphatic heterocycles. The molecule has 0 amide bonds. The average Bonchev–Trinajstić information content (AvgIpc) is 2.30. The number of hydrogen-bond acceptors (Lipinski definition) is 4. The summed E-state index contributed by atoms with van der Waals surface area (Å²) in [6.45, 7) is 1.36. The van der Waals surface area contributed by atoms with Crippen LogP contribution in [0.25, 0.3) is 0 Å². The van der Waals surface area contributed by atoms with Gasteiger partial charge in [0.1, 0.15) is 0 Å². The molecule has 0 unspecified atom stereocenters. The largest absolute Gasteiger partial charge is 0.724 e. The summed E-state index contributed by atoms with van der Waals surface area (Å²) < 4.78 is 0. The maximum absolute atomic E-state index is 11.3. The van der Waals surface area contributed by atoms with Crippen LogP contribution >= 0.6 is 0 Å². The van der Waals surface area contributed by atoms with E-state index in [0.717, 1.165) is 38.6 Å². The van der Waals surface area contributed by atoms with Crippen molar-refractivity contribution in [2.24, 2.45) is 5.29 Å². The highest BCUT2D eigenvalue weighted by Crippen LogP contribution is 2.23. The molecule has 15 heavy (non-hydrogen) atoms. The van der Waals surface area contributed by atoms with Crippen LogP contribution < -0.4 is 5.73 Å². The maximum Gasteiger partial charge on any atom is 0.0752 e. The van der Waals surface area contributed by atoms with Crippen molar-refractivity contribution in [2.45, 2.75) is 44.6 Å². The molecule has 88 valence electrons. The molecule has 6 heteroatoms. The van der Waals surface area contributed by atoms with E-state index in [0.29, 0.717) is 6.54 Å². The van der Waals surface area contributed by atoms with Gasteiger partial charge in [-0.3, -0.25) is 5.28 Å². The average molecular weight is 216 g/mol. The Morgan fingerprint density at radius 2 is 2.00 bits per heavy atom. The van der Waals surface area contributed by atoms with Gasteiger partial charge in [0.15, 0.2) is 0 Å². The molecule has 1 saturated carbocycles. The number of hydrazine groups is 1. The summed E-state index contributed by atoms with van der Waals surface area (Å²) in [5, 5.41) is 15.5. The Hall–Kier alpha value is -0.720. The zero-order valence-corrected chi connectivity index (χ0v) is 9.10. The van der Waals surface area contributed by atoms with Crippen LogP contribution in [0.2, 0.25) is 0 Å². The van der Waals surface area contributed by atoms with Gasteiger partial charge < -0.3 is 10.9 Å². The molecule has 0 spiro atoms. The molecule has 0 bridgehead atoms. The number of hydrogen-bond donors (Lipinski definition) is 1. The van der Waals surface area contributed by atoms with Crippen LogP contribution in [0, 0.1) is 10.1 Å². The molecular weight excluding hydrogens is 196 g/mol. The normalized spacial score (nSPS) is 18.1. The van der Waals surface area contributed by atoms with Gasteiger partial charge in [0.2, 0.25) is 0 Å². The summed E-state index contributed by atoms with van der Waals surface area (Å²) in [5.74, 6) is 0. The SMILES string of the molecule is [NH3+]CCCN(C1CCCCC1)N([O-])N=O. The lowest BCUT2D eigenvalue weighted by atomic mass is 9.95. The fourth-order valence-corrected chi connectivity index (χ4v) is 2.11. The van der Waals surface area contributed by atoms with E-state index in [1.54, 1.807) is 5.01 Å². The Bertz CT molecular complexity index is 185. The molecule has 0 atom stereocenters. The quantitative estimate of drug-likeness (QED) is 0.521. The zero-order chi connectivity index (χ0) is 11.1. The van der Waals surface area contributed by atoms with Gasteiger partial charge >= 0.3 is 0 Å². The van der Waals surface area contributed by atoms with E-state index in [-0.39, 0.29) is 11.3 Å². The second-order valence-electron chi connectivity index (χ2n) is 4.00. The van der Waals surface area contributed by atoms with Gasteiger partial charge in [0.05, 0.1) is 11.8 Å². The van der Waals surface area contributed by atoms with Gasteiger partial charge in [-0.05, 0) is 12.8 Å². The minimum absolute atomic E-state index is 0.195. The van der Waals surface area contributed by atoms with Crippen molar-refractivity contribution in [3.8, 4) is 0 Å². The Morgan fingerprint density at radius 1 is 1.33 bits per heavy atom. The van der Waals surface area contributed by atoms with E-state index in [1.165, 1.54) is 6.42 Å². The minimum Gasteiger partial charge on any atom is -0.724 e. The van der Waals surface area contributed by atoms with Crippen LogP contribution in [0.15, 0.2) is 5.29 Å². The molecule has 1 aliphatic rings. The highest BCUT2D eigenvalue weighted by molar-refractivity contribution is 4.74. The smallest absolute Gasteiger partial charge is 0.0752 e. The van der Waals surface area contributed by atoms with Crippen LogP contribution in [0.4, 0.5) is 0 Å². The van der Waals surface area contributed by atoms with Crippen molar-refractivity contribution >= 4 is 0 Å². The third-order valence-electron chi connectivity index (χ3n) is 2.92. The first kappa shape index (κ1) is 12.4. The second kappa shape index (κ2) is 6.71. The first-order valence-corrected chi connectivity index (χ1v) is 5.66. The molecule has 0 radical (unpaired) electrons. The van der Waals surface area contributed by atoms with Crippen LogP contribution in [0.1, 0.15) is 38.5 Å². The van der Waals surface area contributed by atoms with E-state index in [1.807, 2.05) is 0 Å². The Labute approximate surface area is 89.9 Å². The molecule has 0 aromatic carbocycles. The fraction of sp³-hybridized carbons (Fsp3) is 1.00. The molecule has 0 aromatic rings. The van der Waals surface area contributed by atoms with E-state index >= 15 is 0 Å². The number of nitrogens with zero attached hydrogens (tertiary/aromatic N) is 3. The first-order chi connectivity index (χ1) is 7.29. The molecule has 0 heterocycles. The predicted octanol–water partition coefficient (Wildman–Crippen LogP) is 0.649. The molecule has 1 rings (SSSR count). The predicted molar refractivity (Wildman–Crippen MR) is 57.0 cm³/mol. The number of rotatable bonds is 6. The second-order valence-corrected chi connectivity index (χ2v) is 4.00. The van der Waals surface area contributed by atoms with Crippen molar-refractivity contribution in [2.75, 3.05) is 13.1 Å². The van der Waals surface area contributed by atoms with Crippen molar-refractivity contribution in [1.82, 2.24) is 10.3 Å². The van der Waals surface area contributed by atoms with Crippen LogP contribution in [0.5, 0.6) is 0 Å². The van der Waals surface area contributed by atoms with E-state index in [2.05, 4.69) is 11.0 Å². The van der Waals surface area contributed by atoms with Crippen molar-refractivity contribution in [1.29, 1.82) is 0 Å². The molecule has 3 N–H and O–H groups in total. The lowest BCUT2D eigenvalue weighted by Crippen LogP contribution is -2.52. The molecular formula is C9H20N4O2. The van der Waals surface area contributed by atoms with Gasteiger partial charge in [-0.25, -0.2) is 5.01 Å².